The maximum absolute atomic E-state index is 4.68. The van der Waals surface area contributed by atoms with Gasteiger partial charge in [0.25, 0.3) is 0 Å². The van der Waals surface area contributed by atoms with Gasteiger partial charge in [0.15, 0.2) is 5.13 Å². The second-order valence-corrected chi connectivity index (χ2v) is 5.33. The van der Waals surface area contributed by atoms with Crippen molar-refractivity contribution in [1.29, 1.82) is 0 Å². The van der Waals surface area contributed by atoms with Gasteiger partial charge in [0.05, 0.1) is 10.2 Å². The lowest BCUT2D eigenvalue weighted by Gasteiger charge is -2.04. The Hall–Kier alpha value is -1.09. The van der Waals surface area contributed by atoms with Gasteiger partial charge >= 0.3 is 0 Å². The fourth-order valence-electron chi connectivity index (χ4n) is 1.74. The van der Waals surface area contributed by atoms with E-state index in [1.54, 1.807) is 11.3 Å². The molecule has 0 fully saturated rings. The van der Waals surface area contributed by atoms with Crippen LogP contribution in [0.3, 0.4) is 0 Å². The molecule has 2 aromatic rings. The number of anilines is 1. The summed E-state index contributed by atoms with van der Waals surface area (Å²) in [5.74, 6) is 0.532. The Balaban J connectivity index is 2.40. The smallest absolute Gasteiger partial charge is 0.183 e. The van der Waals surface area contributed by atoms with E-state index < -0.39 is 0 Å². The zero-order valence-electron chi connectivity index (χ0n) is 10.1. The van der Waals surface area contributed by atoms with Gasteiger partial charge in [-0.25, -0.2) is 4.98 Å². The number of thiazole rings is 1. The highest BCUT2D eigenvalue weighted by atomic mass is 32.1. The Morgan fingerprint density at radius 2 is 2.19 bits per heavy atom. The summed E-state index contributed by atoms with van der Waals surface area (Å²) in [4.78, 5) is 4.68. The molecule has 1 aromatic carbocycles. The molecule has 0 bridgehead atoms. The van der Waals surface area contributed by atoms with Crippen LogP contribution in [0.25, 0.3) is 10.2 Å². The monoisotopic (exact) mass is 234 g/mol. The molecule has 0 aliphatic carbocycles. The van der Waals surface area contributed by atoms with Crippen LogP contribution in [-0.2, 0) is 0 Å². The predicted molar refractivity (Wildman–Crippen MR) is 72.5 cm³/mol. The van der Waals surface area contributed by atoms with Crippen LogP contribution in [0.5, 0.6) is 0 Å². The summed E-state index contributed by atoms with van der Waals surface area (Å²) in [6.45, 7) is 7.59. The zero-order valence-corrected chi connectivity index (χ0v) is 10.9. The van der Waals surface area contributed by atoms with Crippen LogP contribution in [0, 0.1) is 0 Å². The van der Waals surface area contributed by atoms with Crippen molar-refractivity contribution in [2.45, 2.75) is 33.1 Å². The average molecular weight is 234 g/mol. The molecule has 0 spiro atoms. The van der Waals surface area contributed by atoms with Crippen molar-refractivity contribution in [3.8, 4) is 0 Å². The van der Waals surface area contributed by atoms with E-state index in [4.69, 9.17) is 0 Å². The summed E-state index contributed by atoms with van der Waals surface area (Å²) >= 11 is 1.75. The van der Waals surface area contributed by atoms with E-state index in [0.717, 1.165) is 18.1 Å². The number of aromatic nitrogens is 1. The molecule has 0 aliphatic heterocycles. The third kappa shape index (κ3) is 2.19. The second-order valence-electron chi connectivity index (χ2n) is 4.29. The topological polar surface area (TPSA) is 24.9 Å². The molecule has 0 amide bonds. The molecule has 0 aliphatic rings. The highest BCUT2D eigenvalue weighted by Crippen LogP contribution is 2.31. The molecule has 0 saturated carbocycles. The number of nitrogens with zero attached hydrogens (tertiary/aromatic N) is 1. The minimum Gasteiger partial charge on any atom is -0.361 e. The van der Waals surface area contributed by atoms with Gasteiger partial charge in [-0.05, 0) is 24.0 Å². The lowest BCUT2D eigenvalue weighted by atomic mass is 10.0. The zero-order chi connectivity index (χ0) is 11.5. The fourth-order valence-corrected chi connectivity index (χ4v) is 2.67. The number of fused-ring (bicyclic) bond motifs is 1. The molecule has 1 heterocycles. The van der Waals surface area contributed by atoms with Gasteiger partial charge in [0.1, 0.15) is 0 Å². The van der Waals surface area contributed by atoms with Gasteiger partial charge < -0.3 is 5.32 Å². The van der Waals surface area contributed by atoms with Crippen LogP contribution in [0.2, 0.25) is 0 Å². The van der Waals surface area contributed by atoms with Crippen LogP contribution >= 0.6 is 11.3 Å². The predicted octanol–water partition coefficient (Wildman–Crippen LogP) is 4.24. The average Bonchev–Trinajstić information content (AvgIpc) is 2.68. The Morgan fingerprint density at radius 3 is 2.88 bits per heavy atom. The summed E-state index contributed by atoms with van der Waals surface area (Å²) in [6, 6.07) is 6.45. The van der Waals surface area contributed by atoms with Crippen molar-refractivity contribution in [2.24, 2.45) is 0 Å². The molecule has 2 rings (SSSR count). The van der Waals surface area contributed by atoms with Gasteiger partial charge in [-0.2, -0.15) is 0 Å². The molecule has 1 aromatic heterocycles. The van der Waals surface area contributed by atoms with Gasteiger partial charge in [-0.3, -0.25) is 0 Å². The van der Waals surface area contributed by atoms with Crippen molar-refractivity contribution < 1.29 is 0 Å². The Morgan fingerprint density at radius 1 is 1.38 bits per heavy atom. The number of rotatable bonds is 4. The van der Waals surface area contributed by atoms with Crippen molar-refractivity contribution in [3.05, 3.63) is 23.8 Å². The summed E-state index contributed by atoms with van der Waals surface area (Å²) in [6.07, 6.45) is 1.13. The van der Waals surface area contributed by atoms with Gasteiger partial charge in [0, 0.05) is 6.54 Å². The molecular formula is C13H18N2S. The molecule has 0 saturated heterocycles. The van der Waals surface area contributed by atoms with Crippen molar-refractivity contribution in [1.82, 2.24) is 4.98 Å². The van der Waals surface area contributed by atoms with Gasteiger partial charge in [-0.1, -0.05) is 44.2 Å². The third-order valence-corrected chi connectivity index (χ3v) is 3.58. The molecular weight excluding hydrogens is 216 g/mol. The van der Waals surface area contributed by atoms with Gasteiger partial charge in [0.2, 0.25) is 0 Å². The van der Waals surface area contributed by atoms with Crippen LogP contribution in [-0.4, -0.2) is 11.5 Å². The molecule has 1 N–H and O–H groups in total. The van der Waals surface area contributed by atoms with Crippen LogP contribution in [0.1, 0.15) is 38.7 Å². The first-order valence-electron chi connectivity index (χ1n) is 5.85. The number of hydrogen-bond donors (Lipinski definition) is 1. The minimum absolute atomic E-state index is 0.532. The molecule has 0 atom stereocenters. The summed E-state index contributed by atoms with van der Waals surface area (Å²) in [7, 11) is 0. The van der Waals surface area contributed by atoms with Crippen LogP contribution in [0.15, 0.2) is 18.2 Å². The van der Waals surface area contributed by atoms with E-state index in [-0.39, 0.29) is 0 Å². The Labute approximate surface area is 101 Å². The van der Waals surface area contributed by atoms with E-state index in [1.165, 1.54) is 15.8 Å². The lowest BCUT2D eigenvalue weighted by molar-refractivity contribution is 0.873. The first kappa shape index (κ1) is 11.4. The highest BCUT2D eigenvalue weighted by Gasteiger charge is 2.09. The maximum atomic E-state index is 4.68. The van der Waals surface area contributed by atoms with E-state index in [2.05, 4.69) is 49.3 Å². The quantitative estimate of drug-likeness (QED) is 0.855. The third-order valence-electron chi connectivity index (χ3n) is 2.60. The molecule has 16 heavy (non-hydrogen) atoms. The Bertz CT molecular complexity index is 474. The summed E-state index contributed by atoms with van der Waals surface area (Å²) in [5.41, 5.74) is 2.51. The minimum atomic E-state index is 0.532. The molecule has 0 radical (unpaired) electrons. The highest BCUT2D eigenvalue weighted by molar-refractivity contribution is 7.22. The maximum Gasteiger partial charge on any atom is 0.183 e. The molecule has 0 unspecified atom stereocenters. The van der Waals surface area contributed by atoms with E-state index in [9.17, 15) is 0 Å². The molecule has 3 heteroatoms. The fraction of sp³-hybridized carbons (Fsp3) is 0.462. The summed E-state index contributed by atoms with van der Waals surface area (Å²) in [5, 5.41) is 4.40. The number of nitrogens with one attached hydrogen (secondary N) is 1. The standard InChI is InChI=1S/C13H18N2S/c1-4-8-14-13-15-12-10(9(2)3)6-5-7-11(12)16-13/h5-7,9H,4,8H2,1-3H3,(H,14,15). The van der Waals surface area contributed by atoms with Crippen LogP contribution < -0.4 is 5.32 Å². The molecule has 86 valence electrons. The summed E-state index contributed by atoms with van der Waals surface area (Å²) < 4.78 is 1.28. The van der Waals surface area contributed by atoms with Crippen molar-refractivity contribution in [3.63, 3.8) is 0 Å². The van der Waals surface area contributed by atoms with E-state index in [1.807, 2.05) is 0 Å². The number of hydrogen-bond acceptors (Lipinski definition) is 3. The van der Waals surface area contributed by atoms with Crippen LogP contribution in [0.4, 0.5) is 5.13 Å². The van der Waals surface area contributed by atoms with E-state index in [0.29, 0.717) is 5.92 Å². The first-order chi connectivity index (χ1) is 7.72. The van der Waals surface area contributed by atoms with Crippen molar-refractivity contribution in [2.75, 3.05) is 11.9 Å². The molecule has 2 nitrogen and oxygen atoms in total. The number of benzene rings is 1. The van der Waals surface area contributed by atoms with E-state index >= 15 is 0 Å². The Kier molecular flexibility index (Phi) is 3.44. The SMILES string of the molecule is CCCNc1nc2c(C(C)C)cccc2s1. The number of para-hydroxylation sites is 1. The second kappa shape index (κ2) is 4.83. The first-order valence-corrected chi connectivity index (χ1v) is 6.67. The lowest BCUT2D eigenvalue weighted by Crippen LogP contribution is -1.98. The normalized spacial score (nSPS) is 11.2. The van der Waals surface area contributed by atoms with Crippen molar-refractivity contribution >= 4 is 26.7 Å². The van der Waals surface area contributed by atoms with Gasteiger partial charge in [-0.15, -0.1) is 0 Å². The largest absolute Gasteiger partial charge is 0.361 e.